The molecule has 0 saturated carbocycles. The predicted octanol–water partition coefficient (Wildman–Crippen LogP) is 5.56. The number of anilines is 2. The zero-order chi connectivity index (χ0) is 20.1. The third-order valence-corrected chi connectivity index (χ3v) is 5.33. The van der Waals surface area contributed by atoms with Gasteiger partial charge in [0.2, 0.25) is 5.95 Å². The molecule has 0 bridgehead atoms. The van der Waals surface area contributed by atoms with E-state index in [-0.39, 0.29) is 5.91 Å². The Hall–Kier alpha value is -2.92. The van der Waals surface area contributed by atoms with Crippen molar-refractivity contribution in [3.05, 3.63) is 71.4 Å². The monoisotopic (exact) mass is 406 g/mol. The molecule has 1 saturated heterocycles. The van der Waals surface area contributed by atoms with Crippen LogP contribution in [0.4, 0.5) is 11.6 Å². The lowest BCUT2D eigenvalue weighted by Gasteiger charge is -2.20. The second kappa shape index (κ2) is 9.05. The average Bonchev–Trinajstić information content (AvgIpc) is 3.04. The van der Waals surface area contributed by atoms with Gasteiger partial charge in [-0.15, -0.1) is 0 Å². The van der Waals surface area contributed by atoms with Crippen LogP contribution in [0.25, 0.3) is 11.3 Å². The van der Waals surface area contributed by atoms with Crippen molar-refractivity contribution < 1.29 is 4.79 Å². The van der Waals surface area contributed by atoms with Crippen LogP contribution in [0, 0.1) is 0 Å². The van der Waals surface area contributed by atoms with E-state index < -0.39 is 0 Å². The van der Waals surface area contributed by atoms with E-state index in [1.54, 1.807) is 6.20 Å². The molecule has 2 aromatic carbocycles. The molecule has 6 heteroatoms. The van der Waals surface area contributed by atoms with E-state index in [9.17, 15) is 4.79 Å². The molecule has 0 atom stereocenters. The van der Waals surface area contributed by atoms with E-state index in [4.69, 9.17) is 11.6 Å². The first-order valence-corrected chi connectivity index (χ1v) is 10.3. The number of likely N-dealkylation sites (tertiary alicyclic amines) is 1. The number of hydrogen-bond donors (Lipinski definition) is 1. The summed E-state index contributed by atoms with van der Waals surface area (Å²) >= 11 is 5.96. The minimum Gasteiger partial charge on any atom is -0.339 e. The molecule has 1 aromatic heterocycles. The molecule has 5 nitrogen and oxygen atoms in total. The number of hydrogen-bond acceptors (Lipinski definition) is 4. The smallest absolute Gasteiger partial charge is 0.253 e. The molecule has 0 unspecified atom stereocenters. The minimum atomic E-state index is 0.111. The zero-order valence-electron chi connectivity index (χ0n) is 16.1. The van der Waals surface area contributed by atoms with Crippen LogP contribution in [0.1, 0.15) is 36.0 Å². The number of carbonyl (C=O) groups excluding carboxylic acids is 1. The van der Waals surface area contributed by atoms with Gasteiger partial charge in [0.05, 0.1) is 5.69 Å². The SMILES string of the molecule is O=C(c1ccc(Nc2nccc(-c3ccc(Cl)cc3)n2)cc1)N1CCCCCC1. The maximum atomic E-state index is 12.7. The Bertz CT molecular complexity index is 965. The fraction of sp³-hybridized carbons (Fsp3) is 0.261. The maximum absolute atomic E-state index is 12.7. The molecule has 0 spiro atoms. The molecule has 0 radical (unpaired) electrons. The quantitative estimate of drug-likeness (QED) is 0.616. The Morgan fingerprint density at radius 2 is 1.59 bits per heavy atom. The molecule has 0 aliphatic carbocycles. The fourth-order valence-electron chi connectivity index (χ4n) is 3.48. The zero-order valence-corrected chi connectivity index (χ0v) is 16.9. The Balaban J connectivity index is 1.45. The summed E-state index contributed by atoms with van der Waals surface area (Å²) in [6.07, 6.45) is 6.32. The van der Waals surface area contributed by atoms with Crippen LogP contribution in [0.3, 0.4) is 0 Å². The second-order valence-corrected chi connectivity index (χ2v) is 7.62. The molecule has 1 aliphatic rings. The molecule has 1 amide bonds. The topological polar surface area (TPSA) is 58.1 Å². The van der Waals surface area contributed by atoms with E-state index in [1.807, 2.05) is 59.5 Å². The van der Waals surface area contributed by atoms with Crippen LogP contribution >= 0.6 is 11.6 Å². The number of benzene rings is 2. The van der Waals surface area contributed by atoms with E-state index >= 15 is 0 Å². The van der Waals surface area contributed by atoms with Gasteiger partial charge in [-0.3, -0.25) is 4.79 Å². The fourth-order valence-corrected chi connectivity index (χ4v) is 3.61. The van der Waals surface area contributed by atoms with Gasteiger partial charge in [-0.25, -0.2) is 9.97 Å². The van der Waals surface area contributed by atoms with Gasteiger partial charge in [-0.05, 0) is 55.3 Å². The van der Waals surface area contributed by atoms with Crippen molar-refractivity contribution in [1.82, 2.24) is 14.9 Å². The van der Waals surface area contributed by atoms with Crippen molar-refractivity contribution in [2.75, 3.05) is 18.4 Å². The van der Waals surface area contributed by atoms with Gasteiger partial charge in [-0.1, -0.05) is 36.6 Å². The Labute approximate surface area is 175 Å². The number of rotatable bonds is 4. The number of aromatic nitrogens is 2. The normalized spacial score (nSPS) is 14.3. The average molecular weight is 407 g/mol. The molecule has 4 rings (SSSR count). The summed E-state index contributed by atoms with van der Waals surface area (Å²) in [5, 5.41) is 3.90. The predicted molar refractivity (Wildman–Crippen MR) is 117 cm³/mol. The first kappa shape index (κ1) is 19.4. The van der Waals surface area contributed by atoms with E-state index in [2.05, 4.69) is 15.3 Å². The van der Waals surface area contributed by atoms with Gasteiger partial charge >= 0.3 is 0 Å². The van der Waals surface area contributed by atoms with Gasteiger partial charge < -0.3 is 10.2 Å². The van der Waals surface area contributed by atoms with Crippen LogP contribution in [0.2, 0.25) is 5.02 Å². The highest BCUT2D eigenvalue weighted by atomic mass is 35.5. The summed E-state index contributed by atoms with van der Waals surface area (Å²) in [6, 6.07) is 16.9. The van der Waals surface area contributed by atoms with Crippen LogP contribution in [0.5, 0.6) is 0 Å². The number of nitrogens with zero attached hydrogens (tertiary/aromatic N) is 3. The van der Waals surface area contributed by atoms with Crippen LogP contribution in [0.15, 0.2) is 60.8 Å². The standard InChI is InChI=1S/C23H23ClN4O/c24-19-9-5-17(6-10-19)21-13-14-25-23(27-21)26-20-11-7-18(8-12-20)22(29)28-15-3-1-2-4-16-28/h5-14H,1-4,15-16H2,(H,25,26,27). The first-order valence-electron chi connectivity index (χ1n) is 9.94. The second-order valence-electron chi connectivity index (χ2n) is 7.18. The molecule has 1 aliphatic heterocycles. The molecule has 2 heterocycles. The van der Waals surface area contributed by atoms with Gasteiger partial charge in [0.25, 0.3) is 5.91 Å². The summed E-state index contributed by atoms with van der Waals surface area (Å²) in [5.41, 5.74) is 3.34. The summed E-state index contributed by atoms with van der Waals surface area (Å²) in [5.74, 6) is 0.614. The van der Waals surface area contributed by atoms with Crippen molar-refractivity contribution in [2.24, 2.45) is 0 Å². The molecule has 29 heavy (non-hydrogen) atoms. The minimum absolute atomic E-state index is 0.111. The van der Waals surface area contributed by atoms with Crippen molar-refractivity contribution in [3.63, 3.8) is 0 Å². The molecule has 1 fully saturated rings. The lowest BCUT2D eigenvalue weighted by atomic mass is 10.1. The van der Waals surface area contributed by atoms with Crippen molar-refractivity contribution in [1.29, 1.82) is 0 Å². The highest BCUT2D eigenvalue weighted by molar-refractivity contribution is 6.30. The van der Waals surface area contributed by atoms with E-state index in [0.717, 1.165) is 42.9 Å². The lowest BCUT2D eigenvalue weighted by Crippen LogP contribution is -2.31. The summed E-state index contributed by atoms with van der Waals surface area (Å²) < 4.78 is 0. The number of halogens is 1. The summed E-state index contributed by atoms with van der Waals surface area (Å²) in [6.45, 7) is 1.70. The Morgan fingerprint density at radius 1 is 0.897 bits per heavy atom. The Morgan fingerprint density at radius 3 is 2.28 bits per heavy atom. The summed E-state index contributed by atoms with van der Waals surface area (Å²) in [4.78, 5) is 23.5. The first-order chi connectivity index (χ1) is 14.2. The molecule has 3 aromatic rings. The van der Waals surface area contributed by atoms with E-state index in [0.29, 0.717) is 16.5 Å². The van der Waals surface area contributed by atoms with Gasteiger partial charge in [0.1, 0.15) is 0 Å². The van der Waals surface area contributed by atoms with Crippen LogP contribution < -0.4 is 5.32 Å². The van der Waals surface area contributed by atoms with Gasteiger partial charge in [-0.2, -0.15) is 0 Å². The lowest BCUT2D eigenvalue weighted by molar-refractivity contribution is 0.0761. The maximum Gasteiger partial charge on any atom is 0.253 e. The van der Waals surface area contributed by atoms with Crippen molar-refractivity contribution >= 4 is 29.1 Å². The van der Waals surface area contributed by atoms with Gasteiger partial charge in [0, 0.05) is 41.1 Å². The summed E-state index contributed by atoms with van der Waals surface area (Å²) in [7, 11) is 0. The van der Waals surface area contributed by atoms with Crippen LogP contribution in [-0.4, -0.2) is 33.9 Å². The molecule has 1 N–H and O–H groups in total. The molecular weight excluding hydrogens is 384 g/mol. The number of carbonyl (C=O) groups is 1. The van der Waals surface area contributed by atoms with Gasteiger partial charge in [0.15, 0.2) is 0 Å². The number of nitrogens with one attached hydrogen (secondary N) is 1. The van der Waals surface area contributed by atoms with Crippen molar-refractivity contribution in [2.45, 2.75) is 25.7 Å². The molecular formula is C23H23ClN4O. The highest BCUT2D eigenvalue weighted by Gasteiger charge is 2.17. The Kier molecular flexibility index (Phi) is 6.06. The molecule has 148 valence electrons. The number of amides is 1. The van der Waals surface area contributed by atoms with Crippen LogP contribution in [-0.2, 0) is 0 Å². The third-order valence-electron chi connectivity index (χ3n) is 5.08. The largest absolute Gasteiger partial charge is 0.339 e. The van der Waals surface area contributed by atoms with Crippen molar-refractivity contribution in [3.8, 4) is 11.3 Å². The highest BCUT2D eigenvalue weighted by Crippen LogP contribution is 2.22. The third kappa shape index (κ3) is 4.93. The van der Waals surface area contributed by atoms with E-state index in [1.165, 1.54) is 12.8 Å².